The van der Waals surface area contributed by atoms with Crippen LogP contribution in [0, 0.1) is 13.8 Å². The second kappa shape index (κ2) is 10.3. The molecule has 0 aliphatic rings. The molecule has 3 heteroatoms. The van der Waals surface area contributed by atoms with Crippen molar-refractivity contribution in [3.63, 3.8) is 0 Å². The van der Waals surface area contributed by atoms with Crippen molar-refractivity contribution < 1.29 is 4.74 Å². The van der Waals surface area contributed by atoms with Gasteiger partial charge in [-0.05, 0) is 76.4 Å². The summed E-state index contributed by atoms with van der Waals surface area (Å²) in [5.74, 6) is 0.960. The minimum atomic E-state index is 0.753. The van der Waals surface area contributed by atoms with Crippen LogP contribution in [0.2, 0.25) is 0 Å². The maximum atomic E-state index is 6.05. The fourth-order valence-corrected chi connectivity index (χ4v) is 2.75. The van der Waals surface area contributed by atoms with Crippen molar-refractivity contribution in [1.29, 1.82) is 0 Å². The van der Waals surface area contributed by atoms with Crippen molar-refractivity contribution in [2.24, 2.45) is 5.73 Å². The first-order chi connectivity index (χ1) is 11.0. The number of rotatable bonds is 10. The van der Waals surface area contributed by atoms with E-state index in [9.17, 15) is 0 Å². The Bertz CT molecular complexity index is 503. The van der Waals surface area contributed by atoms with Gasteiger partial charge in [0.15, 0.2) is 0 Å². The zero-order chi connectivity index (χ0) is 17.2. The predicted octanol–water partition coefficient (Wildman–Crippen LogP) is 4.51. The van der Waals surface area contributed by atoms with Crippen LogP contribution in [0.25, 0.3) is 5.70 Å². The van der Waals surface area contributed by atoms with Crippen LogP contribution in [0.4, 0.5) is 0 Å². The van der Waals surface area contributed by atoms with Crippen molar-refractivity contribution in [3.8, 4) is 5.75 Å². The van der Waals surface area contributed by atoms with Crippen LogP contribution >= 0.6 is 0 Å². The number of ether oxygens (including phenoxy) is 1. The zero-order valence-electron chi connectivity index (χ0n) is 15.6. The summed E-state index contributed by atoms with van der Waals surface area (Å²) < 4.78 is 6.05. The summed E-state index contributed by atoms with van der Waals surface area (Å²) >= 11 is 0. The van der Waals surface area contributed by atoms with E-state index in [1.165, 1.54) is 37.1 Å². The van der Waals surface area contributed by atoms with E-state index < -0.39 is 0 Å². The van der Waals surface area contributed by atoms with Gasteiger partial charge in [0.05, 0.1) is 6.61 Å². The van der Waals surface area contributed by atoms with Crippen LogP contribution in [-0.2, 0) is 0 Å². The van der Waals surface area contributed by atoms with E-state index in [0.29, 0.717) is 0 Å². The smallest absolute Gasteiger partial charge is 0.123 e. The van der Waals surface area contributed by atoms with Crippen molar-refractivity contribution in [3.05, 3.63) is 34.9 Å². The SMILES string of the molecule is C/C=C(\N)c1cc(C)c(C)c(OCCCN(CCC)CCC)c1. The molecule has 23 heavy (non-hydrogen) atoms. The number of hydrogen-bond donors (Lipinski definition) is 1. The average molecular weight is 319 g/mol. The highest BCUT2D eigenvalue weighted by atomic mass is 16.5. The molecule has 0 radical (unpaired) electrons. The van der Waals surface area contributed by atoms with Crippen LogP contribution in [0.1, 0.15) is 56.7 Å². The number of allylic oxidation sites excluding steroid dienone is 1. The molecule has 0 amide bonds. The van der Waals surface area contributed by atoms with Gasteiger partial charge in [-0.2, -0.15) is 0 Å². The molecule has 3 nitrogen and oxygen atoms in total. The Morgan fingerprint density at radius 3 is 2.35 bits per heavy atom. The first kappa shape index (κ1) is 19.6. The maximum absolute atomic E-state index is 6.05. The largest absolute Gasteiger partial charge is 0.493 e. The molecule has 0 unspecified atom stereocenters. The third kappa shape index (κ3) is 6.26. The van der Waals surface area contributed by atoms with E-state index >= 15 is 0 Å². The van der Waals surface area contributed by atoms with E-state index in [4.69, 9.17) is 10.5 Å². The molecule has 0 aliphatic heterocycles. The molecule has 1 aromatic rings. The Hall–Kier alpha value is -1.48. The van der Waals surface area contributed by atoms with Gasteiger partial charge in [-0.1, -0.05) is 19.9 Å². The Labute approximate surface area is 142 Å². The highest BCUT2D eigenvalue weighted by Gasteiger charge is 2.08. The first-order valence-electron chi connectivity index (χ1n) is 8.92. The van der Waals surface area contributed by atoms with Gasteiger partial charge in [0.25, 0.3) is 0 Å². The van der Waals surface area contributed by atoms with Gasteiger partial charge in [0.2, 0.25) is 0 Å². The lowest BCUT2D eigenvalue weighted by atomic mass is 10.0. The summed E-state index contributed by atoms with van der Waals surface area (Å²) in [7, 11) is 0. The van der Waals surface area contributed by atoms with Crippen molar-refractivity contribution in [1.82, 2.24) is 4.90 Å². The molecule has 0 saturated heterocycles. The molecular formula is C20H34N2O. The Morgan fingerprint density at radius 1 is 1.13 bits per heavy atom. The molecule has 1 aromatic carbocycles. The van der Waals surface area contributed by atoms with Crippen molar-refractivity contribution in [2.45, 2.75) is 53.9 Å². The van der Waals surface area contributed by atoms with Crippen molar-refractivity contribution in [2.75, 3.05) is 26.2 Å². The molecule has 0 heterocycles. The highest BCUT2D eigenvalue weighted by Crippen LogP contribution is 2.26. The highest BCUT2D eigenvalue weighted by molar-refractivity contribution is 5.65. The molecule has 0 atom stereocenters. The van der Waals surface area contributed by atoms with E-state index in [-0.39, 0.29) is 0 Å². The molecule has 2 N–H and O–H groups in total. The van der Waals surface area contributed by atoms with Crippen LogP contribution < -0.4 is 10.5 Å². The zero-order valence-corrected chi connectivity index (χ0v) is 15.6. The van der Waals surface area contributed by atoms with E-state index in [1.54, 1.807) is 0 Å². The van der Waals surface area contributed by atoms with Crippen LogP contribution in [0.5, 0.6) is 5.75 Å². The fraction of sp³-hybridized carbons (Fsp3) is 0.600. The lowest BCUT2D eigenvalue weighted by Gasteiger charge is -2.21. The quantitative estimate of drug-likeness (QED) is 0.645. The Kier molecular flexibility index (Phi) is 8.78. The summed E-state index contributed by atoms with van der Waals surface area (Å²) in [6.45, 7) is 14.9. The third-order valence-corrected chi connectivity index (χ3v) is 4.22. The Balaban J connectivity index is 2.62. The molecule has 0 spiro atoms. The third-order valence-electron chi connectivity index (χ3n) is 4.22. The average Bonchev–Trinajstić information content (AvgIpc) is 2.54. The molecular weight excluding hydrogens is 284 g/mol. The van der Waals surface area contributed by atoms with Crippen LogP contribution in [-0.4, -0.2) is 31.1 Å². The molecule has 0 aromatic heterocycles. The topological polar surface area (TPSA) is 38.5 Å². The Morgan fingerprint density at radius 2 is 1.78 bits per heavy atom. The van der Waals surface area contributed by atoms with Gasteiger partial charge in [-0.3, -0.25) is 0 Å². The summed E-state index contributed by atoms with van der Waals surface area (Å²) in [4.78, 5) is 2.52. The van der Waals surface area contributed by atoms with Gasteiger partial charge >= 0.3 is 0 Å². The number of benzene rings is 1. The standard InChI is InChI=1S/C20H34N2O/c1-6-10-22(11-7-2)12-9-13-23-20-15-18(19(21)8-3)14-16(4)17(20)5/h8,14-15H,6-7,9-13,21H2,1-5H3/b19-8-. The van der Waals surface area contributed by atoms with Crippen molar-refractivity contribution >= 4 is 5.70 Å². The summed E-state index contributed by atoms with van der Waals surface area (Å²) in [6, 6.07) is 4.19. The first-order valence-corrected chi connectivity index (χ1v) is 8.92. The van der Waals surface area contributed by atoms with E-state index in [2.05, 4.69) is 44.7 Å². The maximum Gasteiger partial charge on any atom is 0.123 e. The summed E-state index contributed by atoms with van der Waals surface area (Å²) in [5, 5.41) is 0. The van der Waals surface area contributed by atoms with E-state index in [1.807, 2.05) is 13.0 Å². The van der Waals surface area contributed by atoms with Gasteiger partial charge in [-0.15, -0.1) is 0 Å². The molecule has 0 aliphatic carbocycles. The van der Waals surface area contributed by atoms with Crippen LogP contribution in [0.3, 0.4) is 0 Å². The number of aryl methyl sites for hydroxylation is 1. The lowest BCUT2D eigenvalue weighted by Crippen LogP contribution is -2.27. The van der Waals surface area contributed by atoms with Gasteiger partial charge in [0, 0.05) is 17.8 Å². The molecule has 0 bridgehead atoms. The van der Waals surface area contributed by atoms with Crippen LogP contribution in [0.15, 0.2) is 18.2 Å². The lowest BCUT2D eigenvalue weighted by molar-refractivity contribution is 0.233. The summed E-state index contributed by atoms with van der Waals surface area (Å²) in [6.07, 6.45) is 5.41. The normalized spacial score (nSPS) is 12.0. The monoisotopic (exact) mass is 318 g/mol. The number of nitrogens with zero attached hydrogens (tertiary/aromatic N) is 1. The van der Waals surface area contributed by atoms with E-state index in [0.717, 1.165) is 36.6 Å². The predicted molar refractivity (Wildman–Crippen MR) is 101 cm³/mol. The molecule has 0 fully saturated rings. The second-order valence-corrected chi connectivity index (χ2v) is 6.20. The van der Waals surface area contributed by atoms with Gasteiger partial charge in [0.1, 0.15) is 5.75 Å². The minimum Gasteiger partial charge on any atom is -0.493 e. The molecule has 1 rings (SSSR count). The fourth-order valence-electron chi connectivity index (χ4n) is 2.75. The van der Waals surface area contributed by atoms with Gasteiger partial charge < -0.3 is 15.4 Å². The number of nitrogens with two attached hydrogens (primary N) is 1. The number of hydrogen-bond acceptors (Lipinski definition) is 3. The molecule has 0 saturated carbocycles. The van der Waals surface area contributed by atoms with Gasteiger partial charge in [-0.25, -0.2) is 0 Å². The minimum absolute atomic E-state index is 0.753. The molecule has 130 valence electrons. The summed E-state index contributed by atoms with van der Waals surface area (Å²) in [5.41, 5.74) is 10.3. The second-order valence-electron chi connectivity index (χ2n) is 6.20.